The summed E-state index contributed by atoms with van der Waals surface area (Å²) in [5.74, 6) is -15.9. The molecule has 5 aromatic rings. The van der Waals surface area contributed by atoms with Gasteiger partial charge in [-0.05, 0) is 40.5 Å². The van der Waals surface area contributed by atoms with Crippen LogP contribution >= 0.6 is 0 Å². The number of halogens is 9. The lowest BCUT2D eigenvalue weighted by Gasteiger charge is -2.32. The molecule has 0 spiro atoms. The van der Waals surface area contributed by atoms with Crippen molar-refractivity contribution in [2.75, 3.05) is 0 Å². The molecule has 1 aliphatic carbocycles. The number of rotatable bonds is 6. The van der Waals surface area contributed by atoms with Crippen LogP contribution in [0.5, 0.6) is 5.75 Å². The summed E-state index contributed by atoms with van der Waals surface area (Å²) in [6.07, 6.45) is -7.22. The Morgan fingerprint density at radius 2 is 1.24 bits per heavy atom. The van der Waals surface area contributed by atoms with E-state index in [0.29, 0.717) is 27.5 Å². The van der Waals surface area contributed by atoms with Gasteiger partial charge in [0.15, 0.2) is 5.75 Å². The maximum absolute atomic E-state index is 14.8. The van der Waals surface area contributed by atoms with Crippen LogP contribution < -0.4 is 4.18 Å². The Bertz CT molecular complexity index is 2110. The SMILES string of the molecule is CC1(C)c2ccccc2-c2cc(-c3cccc4c3oc3ccccc34)c(OS(=O)(=O)C(F)(F)C(F)(F)C(F)(F)C(F)(F)F)cc21. The average Bonchev–Trinajstić information content (AvgIpc) is 3.44. The third kappa shape index (κ3) is 4.17. The van der Waals surface area contributed by atoms with Crippen molar-refractivity contribution in [3.63, 3.8) is 0 Å². The van der Waals surface area contributed by atoms with Gasteiger partial charge in [-0.3, -0.25) is 0 Å². The Balaban J connectivity index is 1.61. The van der Waals surface area contributed by atoms with Crippen molar-refractivity contribution in [2.24, 2.45) is 0 Å². The molecule has 1 aliphatic rings. The molecule has 4 nitrogen and oxygen atoms in total. The zero-order valence-corrected chi connectivity index (χ0v) is 23.8. The van der Waals surface area contributed by atoms with Gasteiger partial charge in [-0.2, -0.15) is 47.9 Å². The molecule has 4 aromatic carbocycles. The number of hydrogen-bond donors (Lipinski definition) is 0. The van der Waals surface area contributed by atoms with E-state index in [-0.39, 0.29) is 22.3 Å². The summed E-state index contributed by atoms with van der Waals surface area (Å²) >= 11 is 0. The van der Waals surface area contributed by atoms with E-state index >= 15 is 0 Å². The van der Waals surface area contributed by atoms with Crippen molar-refractivity contribution in [1.82, 2.24) is 0 Å². The molecule has 6 rings (SSSR count). The van der Waals surface area contributed by atoms with Crippen molar-refractivity contribution in [2.45, 2.75) is 42.5 Å². The van der Waals surface area contributed by atoms with Crippen LogP contribution in [0, 0.1) is 0 Å². The first-order valence-corrected chi connectivity index (χ1v) is 14.5. The Labute approximate surface area is 249 Å². The Hall–Kier alpha value is -4.20. The summed E-state index contributed by atoms with van der Waals surface area (Å²) < 4.78 is 160. The lowest BCUT2D eigenvalue weighted by atomic mass is 9.82. The van der Waals surface area contributed by atoms with Crippen molar-refractivity contribution in [1.29, 1.82) is 0 Å². The number of alkyl halides is 9. The highest BCUT2D eigenvalue weighted by molar-refractivity contribution is 7.88. The summed E-state index contributed by atoms with van der Waals surface area (Å²) in [4.78, 5) is 0. The monoisotopic (exact) mass is 658 g/mol. The number of furan rings is 1. The largest absolute Gasteiger partial charge is 0.460 e. The second-order valence-electron chi connectivity index (χ2n) is 11.0. The van der Waals surface area contributed by atoms with Gasteiger partial charge in [-0.1, -0.05) is 74.5 Å². The lowest BCUT2D eigenvalue weighted by molar-refractivity contribution is -0.382. The van der Waals surface area contributed by atoms with E-state index in [9.17, 15) is 47.9 Å². The van der Waals surface area contributed by atoms with E-state index in [4.69, 9.17) is 4.42 Å². The number of fused-ring (bicyclic) bond motifs is 6. The van der Waals surface area contributed by atoms with E-state index in [1.165, 1.54) is 18.2 Å². The van der Waals surface area contributed by atoms with Crippen molar-refractivity contribution < 1.29 is 56.5 Å². The highest BCUT2D eigenvalue weighted by Crippen LogP contribution is 2.57. The molecule has 0 saturated heterocycles. The predicted molar refractivity (Wildman–Crippen MR) is 147 cm³/mol. The molecular weight excluding hydrogens is 639 g/mol. The van der Waals surface area contributed by atoms with Crippen molar-refractivity contribution in [3.8, 4) is 28.0 Å². The smallest absolute Gasteiger partial charge is 0.455 e. The molecular formula is C31H19F9O4S. The van der Waals surface area contributed by atoms with Crippen LogP contribution in [0.3, 0.4) is 0 Å². The van der Waals surface area contributed by atoms with Crippen molar-refractivity contribution >= 4 is 32.1 Å². The van der Waals surface area contributed by atoms with Crippen LogP contribution in [0.4, 0.5) is 39.5 Å². The normalized spacial score (nSPS) is 15.4. The van der Waals surface area contributed by atoms with Crippen LogP contribution in [0.25, 0.3) is 44.2 Å². The number of hydrogen-bond acceptors (Lipinski definition) is 4. The quantitative estimate of drug-likeness (QED) is 0.135. The minimum absolute atomic E-state index is 0.0367. The molecule has 1 heterocycles. The summed E-state index contributed by atoms with van der Waals surface area (Å²) in [6.45, 7) is 3.39. The molecule has 236 valence electrons. The highest BCUT2D eigenvalue weighted by atomic mass is 32.2. The van der Waals surface area contributed by atoms with E-state index in [2.05, 4.69) is 4.18 Å². The predicted octanol–water partition coefficient (Wildman–Crippen LogP) is 9.69. The standard InChI is InChI=1S/C31H19F9O4S/c1-27(2)22-12-5-3-8-16(22)20-14-21(19-11-7-10-18-17-9-4-6-13-24(17)43-26(18)19)25(15-23(20)27)44-45(41,42)31(39,40)29(34,35)28(32,33)30(36,37)38/h3-15H,1-2H3. The first-order valence-electron chi connectivity index (χ1n) is 13.1. The summed E-state index contributed by atoms with van der Waals surface area (Å²) in [6, 6.07) is 20.5. The zero-order valence-electron chi connectivity index (χ0n) is 22.9. The van der Waals surface area contributed by atoms with E-state index in [1.807, 2.05) is 0 Å². The lowest BCUT2D eigenvalue weighted by Crippen LogP contribution is -2.63. The average molecular weight is 659 g/mol. The molecule has 0 aliphatic heterocycles. The van der Waals surface area contributed by atoms with Gasteiger partial charge in [0, 0.05) is 27.3 Å². The molecule has 1 aromatic heterocycles. The summed E-state index contributed by atoms with van der Waals surface area (Å²) in [7, 11) is -7.24. The van der Waals surface area contributed by atoms with Gasteiger partial charge in [0.1, 0.15) is 11.2 Å². The van der Waals surface area contributed by atoms with Gasteiger partial charge >= 0.3 is 33.4 Å². The Morgan fingerprint density at radius 1 is 0.644 bits per heavy atom. The second-order valence-corrected chi connectivity index (χ2v) is 12.6. The number of benzene rings is 4. The fraction of sp³-hybridized carbons (Fsp3) is 0.226. The van der Waals surface area contributed by atoms with Gasteiger partial charge in [0.25, 0.3) is 0 Å². The van der Waals surface area contributed by atoms with Crippen molar-refractivity contribution in [3.05, 3.63) is 90.0 Å². The van der Waals surface area contributed by atoms with Gasteiger partial charge in [-0.25, -0.2) is 0 Å². The molecule has 0 N–H and O–H groups in total. The fourth-order valence-electron chi connectivity index (χ4n) is 5.65. The Kier molecular flexibility index (Phi) is 6.44. The summed E-state index contributed by atoms with van der Waals surface area (Å²) in [5, 5.41) is -5.95. The third-order valence-electron chi connectivity index (χ3n) is 8.01. The first kappa shape index (κ1) is 30.8. The molecule has 14 heteroatoms. The molecule has 0 amide bonds. The number of para-hydroxylation sites is 2. The van der Waals surface area contributed by atoms with Crippen LogP contribution in [-0.4, -0.2) is 31.7 Å². The van der Waals surface area contributed by atoms with Gasteiger partial charge in [0.2, 0.25) is 0 Å². The molecule has 0 unspecified atom stereocenters. The van der Waals surface area contributed by atoms with Gasteiger partial charge in [-0.15, -0.1) is 0 Å². The third-order valence-corrected chi connectivity index (χ3v) is 9.29. The first-order chi connectivity index (χ1) is 20.7. The maximum atomic E-state index is 14.8. The second kappa shape index (κ2) is 9.41. The van der Waals surface area contributed by atoms with E-state index in [0.717, 1.165) is 11.6 Å². The van der Waals surface area contributed by atoms with Gasteiger partial charge < -0.3 is 8.60 Å². The minimum Gasteiger partial charge on any atom is -0.455 e. The fourth-order valence-corrected chi connectivity index (χ4v) is 6.58. The van der Waals surface area contributed by atoms with E-state index < -0.39 is 44.6 Å². The topological polar surface area (TPSA) is 56.5 Å². The zero-order chi connectivity index (χ0) is 33.0. The van der Waals surface area contributed by atoms with Crippen LogP contribution in [0.1, 0.15) is 25.0 Å². The minimum atomic E-state index is -7.46. The molecule has 0 radical (unpaired) electrons. The molecule has 45 heavy (non-hydrogen) atoms. The maximum Gasteiger partial charge on any atom is 0.460 e. The molecule has 0 atom stereocenters. The van der Waals surface area contributed by atoms with Gasteiger partial charge in [0.05, 0.1) is 0 Å². The molecule has 0 bridgehead atoms. The molecule has 0 saturated carbocycles. The molecule has 0 fully saturated rings. The van der Waals surface area contributed by atoms with E-state index in [1.54, 1.807) is 68.4 Å². The van der Waals surface area contributed by atoms with Crippen LogP contribution in [0.15, 0.2) is 83.3 Å². The van der Waals surface area contributed by atoms with Crippen LogP contribution in [-0.2, 0) is 15.5 Å². The Morgan fingerprint density at radius 3 is 1.93 bits per heavy atom. The highest BCUT2D eigenvalue weighted by Gasteiger charge is 2.86. The summed E-state index contributed by atoms with van der Waals surface area (Å²) in [5.41, 5.74) is 1.42. The van der Waals surface area contributed by atoms with Crippen LogP contribution in [0.2, 0.25) is 0 Å².